The highest BCUT2D eigenvalue weighted by atomic mass is 19.4. The fourth-order valence-electron chi connectivity index (χ4n) is 2.50. The van der Waals surface area contributed by atoms with E-state index in [1.54, 1.807) is 0 Å². The van der Waals surface area contributed by atoms with Gasteiger partial charge in [0.05, 0.1) is 23.0 Å². The first kappa shape index (κ1) is 19.1. The van der Waals surface area contributed by atoms with Gasteiger partial charge in [0, 0.05) is 31.2 Å². The molecule has 3 rings (SSSR count). The van der Waals surface area contributed by atoms with Gasteiger partial charge in [-0.25, -0.2) is 9.97 Å². The highest BCUT2D eigenvalue weighted by Crippen LogP contribution is 2.32. The second kappa shape index (κ2) is 7.91. The van der Waals surface area contributed by atoms with Crippen molar-refractivity contribution in [3.05, 3.63) is 71.8 Å². The summed E-state index contributed by atoms with van der Waals surface area (Å²) in [7, 11) is 0. The van der Waals surface area contributed by atoms with Crippen LogP contribution >= 0.6 is 0 Å². The maximum Gasteiger partial charge on any atom is 0.416 e. The Morgan fingerprint density at radius 3 is 2.54 bits per heavy atom. The van der Waals surface area contributed by atoms with Gasteiger partial charge in [0.2, 0.25) is 0 Å². The zero-order valence-corrected chi connectivity index (χ0v) is 14.4. The lowest BCUT2D eigenvalue weighted by Gasteiger charge is -2.15. The van der Waals surface area contributed by atoms with Gasteiger partial charge >= 0.3 is 6.18 Å². The van der Waals surface area contributed by atoms with Crippen LogP contribution in [0.2, 0.25) is 0 Å². The average Bonchev–Trinajstić information content (AvgIpc) is 2.66. The number of anilines is 3. The summed E-state index contributed by atoms with van der Waals surface area (Å²) in [4.78, 5) is 23.7. The van der Waals surface area contributed by atoms with E-state index in [1.165, 1.54) is 49.1 Å². The summed E-state index contributed by atoms with van der Waals surface area (Å²) >= 11 is 0. The molecule has 0 atom stereocenters. The lowest BCUT2D eigenvalue weighted by Crippen LogP contribution is -2.16. The number of nitrogens with one attached hydrogen (secondary N) is 2. The maximum absolute atomic E-state index is 13.2. The summed E-state index contributed by atoms with van der Waals surface area (Å²) in [5.41, 5.74) is 4.91. The summed E-state index contributed by atoms with van der Waals surface area (Å²) in [6, 6.07) is 6.65. The molecule has 0 saturated heterocycles. The molecule has 0 saturated carbocycles. The molecule has 0 radical (unpaired) electrons. The number of rotatable bonds is 6. The minimum Gasteiger partial charge on any atom is -0.380 e. The van der Waals surface area contributed by atoms with Crippen LogP contribution in [0.5, 0.6) is 0 Å². The molecule has 28 heavy (non-hydrogen) atoms. The number of aromatic nitrogens is 3. The van der Waals surface area contributed by atoms with E-state index >= 15 is 0 Å². The number of carbonyl (C=O) groups excluding carboxylic acids is 1. The second-order valence-corrected chi connectivity index (χ2v) is 5.70. The Kier molecular flexibility index (Phi) is 5.39. The van der Waals surface area contributed by atoms with E-state index in [0.29, 0.717) is 11.6 Å². The zero-order chi connectivity index (χ0) is 20.1. The largest absolute Gasteiger partial charge is 0.416 e. The molecule has 0 aliphatic carbocycles. The first-order valence-electron chi connectivity index (χ1n) is 8.06. The fourth-order valence-corrected chi connectivity index (χ4v) is 2.50. The number of nitrogens with zero attached hydrogens (tertiary/aromatic N) is 3. The third-order valence-corrected chi connectivity index (χ3v) is 3.78. The third kappa shape index (κ3) is 4.53. The minimum absolute atomic E-state index is 0.0330. The molecule has 10 heteroatoms. The van der Waals surface area contributed by atoms with Crippen molar-refractivity contribution in [3.8, 4) is 0 Å². The van der Waals surface area contributed by atoms with Crippen molar-refractivity contribution in [2.45, 2.75) is 12.7 Å². The number of hydrogen-bond donors (Lipinski definition) is 3. The Labute approximate surface area is 157 Å². The molecule has 144 valence electrons. The van der Waals surface area contributed by atoms with E-state index in [9.17, 15) is 18.0 Å². The van der Waals surface area contributed by atoms with E-state index < -0.39 is 17.6 Å². The van der Waals surface area contributed by atoms with E-state index in [1.807, 2.05) is 0 Å². The van der Waals surface area contributed by atoms with E-state index in [-0.39, 0.29) is 23.4 Å². The van der Waals surface area contributed by atoms with E-state index in [0.717, 1.165) is 6.07 Å². The summed E-state index contributed by atoms with van der Waals surface area (Å²) in [6.07, 6.45) is 1.20. The summed E-state index contributed by atoms with van der Waals surface area (Å²) in [5.74, 6) is -0.0301. The molecular formula is C18H15F3N6O. The molecule has 0 unspecified atom stereocenters. The molecule has 0 spiro atoms. The van der Waals surface area contributed by atoms with Gasteiger partial charge in [-0.3, -0.25) is 9.78 Å². The van der Waals surface area contributed by atoms with Crippen molar-refractivity contribution in [2.75, 3.05) is 10.6 Å². The summed E-state index contributed by atoms with van der Waals surface area (Å²) in [6.45, 7) is -0.162. The minimum atomic E-state index is -4.48. The molecule has 3 aromatic rings. The van der Waals surface area contributed by atoms with Gasteiger partial charge < -0.3 is 16.4 Å². The Hall–Kier alpha value is -3.69. The number of hydrogen-bond acceptors (Lipinski definition) is 6. The van der Waals surface area contributed by atoms with Crippen molar-refractivity contribution in [3.63, 3.8) is 0 Å². The van der Waals surface area contributed by atoms with Crippen molar-refractivity contribution in [2.24, 2.45) is 5.73 Å². The van der Waals surface area contributed by atoms with Crippen LogP contribution in [0.4, 0.5) is 30.5 Å². The number of pyridine rings is 1. The van der Waals surface area contributed by atoms with Crippen LogP contribution in [0.3, 0.4) is 0 Å². The van der Waals surface area contributed by atoms with Gasteiger partial charge in [0.25, 0.3) is 5.91 Å². The molecule has 2 heterocycles. The fraction of sp³-hybridized carbons (Fsp3) is 0.111. The predicted octanol–water partition coefficient (Wildman–Crippen LogP) is 3.35. The van der Waals surface area contributed by atoms with Gasteiger partial charge in [-0.2, -0.15) is 13.2 Å². The number of nitrogens with two attached hydrogens (primary N) is 1. The van der Waals surface area contributed by atoms with Crippen LogP contribution in [0, 0.1) is 0 Å². The number of benzene rings is 1. The van der Waals surface area contributed by atoms with E-state index in [2.05, 4.69) is 25.6 Å². The number of halogens is 3. The SMILES string of the molecule is NC(=O)c1cnc(Nc2cnccn2)cc1NCc1ccccc1C(F)(F)F. The lowest BCUT2D eigenvalue weighted by molar-refractivity contribution is -0.138. The molecular weight excluding hydrogens is 373 g/mol. The Morgan fingerprint density at radius 2 is 1.86 bits per heavy atom. The van der Waals surface area contributed by atoms with Gasteiger partial charge in [-0.05, 0) is 11.6 Å². The number of amides is 1. The quantitative estimate of drug-likeness (QED) is 0.598. The van der Waals surface area contributed by atoms with Crippen molar-refractivity contribution < 1.29 is 18.0 Å². The first-order chi connectivity index (χ1) is 13.3. The molecule has 4 N–H and O–H groups in total. The van der Waals surface area contributed by atoms with Crippen LogP contribution in [0.15, 0.2) is 55.1 Å². The third-order valence-electron chi connectivity index (χ3n) is 3.78. The van der Waals surface area contributed by atoms with Crippen molar-refractivity contribution in [1.82, 2.24) is 15.0 Å². The standard InChI is InChI=1S/C18H15F3N6O/c19-18(20,21)13-4-2-1-3-11(13)8-25-14-7-15(26-9-12(14)17(22)28)27-16-10-23-5-6-24-16/h1-7,9-10H,8H2,(H2,22,28)(H2,24,25,26,27). The van der Waals surface area contributed by atoms with Crippen LogP contribution in [-0.4, -0.2) is 20.9 Å². The predicted molar refractivity (Wildman–Crippen MR) is 96.8 cm³/mol. The van der Waals surface area contributed by atoms with Crippen LogP contribution in [0.25, 0.3) is 0 Å². The van der Waals surface area contributed by atoms with Gasteiger partial charge in [-0.15, -0.1) is 0 Å². The molecule has 0 aliphatic rings. The summed E-state index contributed by atoms with van der Waals surface area (Å²) in [5, 5.41) is 5.72. The van der Waals surface area contributed by atoms with Crippen molar-refractivity contribution in [1.29, 1.82) is 0 Å². The topological polar surface area (TPSA) is 106 Å². The van der Waals surface area contributed by atoms with Gasteiger partial charge in [-0.1, -0.05) is 18.2 Å². The molecule has 2 aromatic heterocycles. The molecule has 1 amide bonds. The van der Waals surface area contributed by atoms with E-state index in [4.69, 9.17) is 5.73 Å². The van der Waals surface area contributed by atoms with Crippen molar-refractivity contribution >= 4 is 23.2 Å². The average molecular weight is 388 g/mol. The molecule has 1 aromatic carbocycles. The maximum atomic E-state index is 13.2. The Balaban J connectivity index is 1.86. The molecule has 0 aliphatic heterocycles. The van der Waals surface area contributed by atoms with Gasteiger partial charge in [0.1, 0.15) is 11.6 Å². The normalized spacial score (nSPS) is 11.1. The number of carbonyl (C=O) groups is 1. The lowest BCUT2D eigenvalue weighted by atomic mass is 10.1. The smallest absolute Gasteiger partial charge is 0.380 e. The van der Waals surface area contributed by atoms with Gasteiger partial charge in [0.15, 0.2) is 0 Å². The Bertz CT molecular complexity index is 979. The first-order valence-corrected chi connectivity index (χ1v) is 8.06. The highest BCUT2D eigenvalue weighted by Gasteiger charge is 2.32. The highest BCUT2D eigenvalue weighted by molar-refractivity contribution is 5.98. The summed E-state index contributed by atoms with van der Waals surface area (Å²) < 4.78 is 39.5. The number of alkyl halides is 3. The molecule has 0 fully saturated rings. The monoisotopic (exact) mass is 388 g/mol. The zero-order valence-electron chi connectivity index (χ0n) is 14.4. The van der Waals surface area contributed by atoms with Crippen LogP contribution in [-0.2, 0) is 12.7 Å². The second-order valence-electron chi connectivity index (χ2n) is 5.70. The molecule has 0 bridgehead atoms. The van der Waals surface area contributed by atoms with Crippen LogP contribution < -0.4 is 16.4 Å². The van der Waals surface area contributed by atoms with Crippen LogP contribution in [0.1, 0.15) is 21.5 Å². The number of primary amides is 1. The molecule has 7 nitrogen and oxygen atoms in total. The Morgan fingerprint density at radius 1 is 1.07 bits per heavy atom.